The van der Waals surface area contributed by atoms with Crippen molar-refractivity contribution in [1.29, 1.82) is 0 Å². The van der Waals surface area contributed by atoms with Crippen LogP contribution in [0.1, 0.15) is 26.7 Å². The minimum atomic E-state index is -0.0956. The molecule has 2 fully saturated rings. The van der Waals surface area contributed by atoms with Gasteiger partial charge in [0.25, 0.3) is 0 Å². The van der Waals surface area contributed by atoms with Crippen LogP contribution in [0.25, 0.3) is 0 Å². The molecule has 7 heteroatoms. The molecule has 0 atom stereocenters. The maximum absolute atomic E-state index is 12.1. The van der Waals surface area contributed by atoms with Crippen molar-refractivity contribution in [3.8, 4) is 0 Å². The van der Waals surface area contributed by atoms with Crippen molar-refractivity contribution in [3.63, 3.8) is 0 Å². The summed E-state index contributed by atoms with van der Waals surface area (Å²) in [6.07, 6.45) is 3.72. The van der Waals surface area contributed by atoms with Crippen LogP contribution in [0.15, 0.2) is 12.4 Å². The van der Waals surface area contributed by atoms with E-state index >= 15 is 0 Å². The number of rotatable bonds is 4. The molecule has 1 saturated heterocycles. The first-order valence-corrected chi connectivity index (χ1v) is 8.39. The van der Waals surface area contributed by atoms with Crippen LogP contribution in [0.2, 0.25) is 0 Å². The number of aromatic nitrogens is 2. The van der Waals surface area contributed by atoms with Gasteiger partial charge < -0.3 is 9.80 Å². The van der Waals surface area contributed by atoms with Crippen molar-refractivity contribution in [2.45, 2.75) is 38.8 Å². The second-order valence-electron chi connectivity index (χ2n) is 6.65. The molecule has 126 valence electrons. The molecule has 3 rings (SSSR count). The molecule has 0 aromatic carbocycles. The van der Waals surface area contributed by atoms with Crippen molar-refractivity contribution >= 4 is 17.7 Å². The van der Waals surface area contributed by atoms with E-state index in [9.17, 15) is 4.79 Å². The number of urea groups is 1. The number of nitrogens with zero attached hydrogens (tertiary/aromatic N) is 5. The van der Waals surface area contributed by atoms with Crippen molar-refractivity contribution in [2.24, 2.45) is 0 Å². The summed E-state index contributed by atoms with van der Waals surface area (Å²) in [5.41, 5.74) is 0. The van der Waals surface area contributed by atoms with Crippen LogP contribution in [-0.4, -0.2) is 71.1 Å². The van der Waals surface area contributed by atoms with E-state index in [0.29, 0.717) is 17.9 Å². The standard InChI is InChI=1S/C16H26N6O/c1-12(2)21-6-8-22(9-7-21)15-10-14(17-11-18-15)19-16(23)20(3)13-4-5-13/h10-13H,4-9H2,1-3H3,(H,17,18,19,23). The fraction of sp³-hybridized carbons (Fsp3) is 0.688. The van der Waals surface area contributed by atoms with Crippen molar-refractivity contribution in [1.82, 2.24) is 19.8 Å². The lowest BCUT2D eigenvalue weighted by Crippen LogP contribution is -2.49. The van der Waals surface area contributed by atoms with E-state index in [1.807, 2.05) is 13.1 Å². The average molecular weight is 318 g/mol. The van der Waals surface area contributed by atoms with Gasteiger partial charge in [0, 0.05) is 51.4 Å². The highest BCUT2D eigenvalue weighted by atomic mass is 16.2. The van der Waals surface area contributed by atoms with Gasteiger partial charge in [-0.2, -0.15) is 0 Å². The number of hydrogen-bond acceptors (Lipinski definition) is 5. The summed E-state index contributed by atoms with van der Waals surface area (Å²) in [5.74, 6) is 1.45. The van der Waals surface area contributed by atoms with E-state index < -0.39 is 0 Å². The fourth-order valence-electron chi connectivity index (χ4n) is 2.88. The quantitative estimate of drug-likeness (QED) is 0.914. The molecule has 1 aromatic rings. The number of piperazine rings is 1. The molecule has 2 amide bonds. The van der Waals surface area contributed by atoms with Gasteiger partial charge in [-0.05, 0) is 26.7 Å². The number of carbonyl (C=O) groups excluding carboxylic acids is 1. The van der Waals surface area contributed by atoms with E-state index in [1.54, 1.807) is 4.90 Å². The van der Waals surface area contributed by atoms with Crippen LogP contribution in [0, 0.1) is 0 Å². The van der Waals surface area contributed by atoms with Crippen LogP contribution in [0.4, 0.5) is 16.4 Å². The van der Waals surface area contributed by atoms with E-state index in [0.717, 1.165) is 44.8 Å². The second-order valence-corrected chi connectivity index (χ2v) is 6.65. The Morgan fingerprint density at radius 2 is 1.96 bits per heavy atom. The highest BCUT2D eigenvalue weighted by Gasteiger charge is 2.29. The molecule has 1 aromatic heterocycles. The Morgan fingerprint density at radius 3 is 2.57 bits per heavy atom. The van der Waals surface area contributed by atoms with Crippen LogP contribution < -0.4 is 10.2 Å². The normalized spacial score (nSPS) is 19.0. The minimum absolute atomic E-state index is 0.0956. The molecular weight excluding hydrogens is 292 g/mol. The lowest BCUT2D eigenvalue weighted by Gasteiger charge is -2.37. The summed E-state index contributed by atoms with van der Waals surface area (Å²) in [7, 11) is 1.83. The lowest BCUT2D eigenvalue weighted by molar-refractivity contribution is 0.209. The largest absolute Gasteiger partial charge is 0.354 e. The molecule has 1 aliphatic heterocycles. The van der Waals surface area contributed by atoms with Gasteiger partial charge in [0.15, 0.2) is 0 Å². The summed E-state index contributed by atoms with van der Waals surface area (Å²) < 4.78 is 0. The molecule has 0 spiro atoms. The van der Waals surface area contributed by atoms with Gasteiger partial charge >= 0.3 is 6.03 Å². The van der Waals surface area contributed by atoms with Gasteiger partial charge in [-0.3, -0.25) is 10.2 Å². The Kier molecular flexibility index (Phi) is 4.66. The maximum atomic E-state index is 12.1. The number of carbonyl (C=O) groups is 1. The topological polar surface area (TPSA) is 64.6 Å². The molecule has 0 radical (unpaired) electrons. The second kappa shape index (κ2) is 6.70. The Morgan fingerprint density at radius 1 is 1.26 bits per heavy atom. The maximum Gasteiger partial charge on any atom is 0.323 e. The Labute approximate surface area is 137 Å². The molecular formula is C16H26N6O. The van der Waals surface area contributed by atoms with Crippen LogP contribution in [0.5, 0.6) is 0 Å². The summed E-state index contributed by atoms with van der Waals surface area (Å²) in [6.45, 7) is 8.42. The SMILES string of the molecule is CC(C)N1CCN(c2cc(NC(=O)N(C)C3CC3)ncn2)CC1. The average Bonchev–Trinajstić information content (AvgIpc) is 3.39. The van der Waals surface area contributed by atoms with Gasteiger partial charge in [0.2, 0.25) is 0 Å². The number of amides is 2. The first-order valence-electron chi connectivity index (χ1n) is 8.39. The summed E-state index contributed by atoms with van der Waals surface area (Å²) in [6, 6.07) is 2.74. The molecule has 7 nitrogen and oxygen atoms in total. The van der Waals surface area contributed by atoms with Gasteiger partial charge in [-0.15, -0.1) is 0 Å². The van der Waals surface area contributed by atoms with Gasteiger partial charge in [0.05, 0.1) is 0 Å². The first-order chi connectivity index (χ1) is 11.0. The first kappa shape index (κ1) is 16.0. The Balaban J connectivity index is 1.60. The van der Waals surface area contributed by atoms with Gasteiger partial charge in [0.1, 0.15) is 18.0 Å². The summed E-state index contributed by atoms with van der Waals surface area (Å²) in [5, 5.41) is 2.87. The summed E-state index contributed by atoms with van der Waals surface area (Å²) in [4.78, 5) is 27.1. The molecule has 0 unspecified atom stereocenters. The van der Waals surface area contributed by atoms with Gasteiger partial charge in [-0.25, -0.2) is 14.8 Å². The Bertz CT molecular complexity index is 551. The van der Waals surface area contributed by atoms with Crippen LogP contribution >= 0.6 is 0 Å². The van der Waals surface area contributed by atoms with Crippen molar-refractivity contribution < 1.29 is 4.79 Å². The Hall–Kier alpha value is -1.89. The predicted octanol–water partition coefficient (Wildman–Crippen LogP) is 1.63. The minimum Gasteiger partial charge on any atom is -0.354 e. The fourth-order valence-corrected chi connectivity index (χ4v) is 2.88. The third-order valence-electron chi connectivity index (χ3n) is 4.67. The lowest BCUT2D eigenvalue weighted by atomic mass is 10.2. The molecule has 1 saturated carbocycles. The van der Waals surface area contributed by atoms with Crippen LogP contribution in [0.3, 0.4) is 0 Å². The van der Waals surface area contributed by atoms with E-state index in [-0.39, 0.29) is 6.03 Å². The number of nitrogens with one attached hydrogen (secondary N) is 1. The van der Waals surface area contributed by atoms with E-state index in [2.05, 4.69) is 38.9 Å². The van der Waals surface area contributed by atoms with Gasteiger partial charge in [-0.1, -0.05) is 0 Å². The predicted molar refractivity (Wildman–Crippen MR) is 90.8 cm³/mol. The van der Waals surface area contributed by atoms with Crippen molar-refractivity contribution in [3.05, 3.63) is 12.4 Å². The highest BCUT2D eigenvalue weighted by Crippen LogP contribution is 2.26. The zero-order chi connectivity index (χ0) is 16.4. The van der Waals surface area contributed by atoms with E-state index in [1.165, 1.54) is 6.33 Å². The molecule has 1 aliphatic carbocycles. The molecule has 23 heavy (non-hydrogen) atoms. The van der Waals surface area contributed by atoms with E-state index in [4.69, 9.17) is 0 Å². The summed E-state index contributed by atoms with van der Waals surface area (Å²) >= 11 is 0. The molecule has 1 N–H and O–H groups in total. The highest BCUT2D eigenvalue weighted by molar-refractivity contribution is 5.88. The zero-order valence-electron chi connectivity index (χ0n) is 14.2. The third-order valence-corrected chi connectivity index (χ3v) is 4.67. The molecule has 2 heterocycles. The smallest absolute Gasteiger partial charge is 0.323 e. The zero-order valence-corrected chi connectivity index (χ0v) is 14.2. The van der Waals surface area contributed by atoms with Crippen LogP contribution in [-0.2, 0) is 0 Å². The monoisotopic (exact) mass is 318 g/mol. The van der Waals surface area contributed by atoms with Crippen molar-refractivity contribution in [2.75, 3.05) is 43.4 Å². The third kappa shape index (κ3) is 3.90. The number of hydrogen-bond donors (Lipinski definition) is 1. The molecule has 0 bridgehead atoms. The molecule has 2 aliphatic rings. The number of anilines is 2.